The molecular weight excluding hydrogens is 266 g/mol. The number of aliphatic hydroxyl groups is 1. The molecule has 0 aliphatic heterocycles. The Hall–Kier alpha value is -1.36. The fraction of sp³-hybridized carbons (Fsp3) is 0.750. The first kappa shape index (κ1) is 16.0. The fourth-order valence-corrected chi connectivity index (χ4v) is 2.59. The molecular formula is C16H27N3O2. The quantitative estimate of drug-likeness (QED) is 0.773. The topological polar surface area (TPSA) is 67.2 Å². The van der Waals surface area contributed by atoms with Gasteiger partial charge < -0.3 is 10.4 Å². The Morgan fingerprint density at radius 3 is 2.81 bits per heavy atom. The van der Waals surface area contributed by atoms with Crippen LogP contribution in [0.1, 0.15) is 68.4 Å². The Kier molecular flexibility index (Phi) is 5.39. The van der Waals surface area contributed by atoms with Crippen molar-refractivity contribution in [1.29, 1.82) is 0 Å². The van der Waals surface area contributed by atoms with Crippen molar-refractivity contribution >= 4 is 5.91 Å². The summed E-state index contributed by atoms with van der Waals surface area (Å²) < 4.78 is 1.99. The third kappa shape index (κ3) is 4.30. The first-order valence-corrected chi connectivity index (χ1v) is 8.04. The molecule has 1 atom stereocenters. The van der Waals surface area contributed by atoms with Crippen molar-refractivity contribution in [1.82, 2.24) is 15.1 Å². The standard InChI is InChI=1S/C16H27N3O2/c1-4-5-13(20)8-17-16(21)14-9-18-19(10-11(2)3)15(14)12-6-7-12/h9,11-13,20H,4-8,10H2,1-3H3,(H,17,21). The van der Waals surface area contributed by atoms with Crippen LogP contribution >= 0.6 is 0 Å². The SMILES string of the molecule is CCCC(O)CNC(=O)c1cnn(CC(C)C)c1C1CC1. The minimum atomic E-state index is -0.464. The van der Waals surface area contributed by atoms with Gasteiger partial charge in [0.25, 0.3) is 5.91 Å². The summed E-state index contributed by atoms with van der Waals surface area (Å²) in [5.74, 6) is 0.874. The summed E-state index contributed by atoms with van der Waals surface area (Å²) in [6.07, 6.45) is 5.12. The lowest BCUT2D eigenvalue weighted by Gasteiger charge is -2.12. The molecule has 0 saturated heterocycles. The molecule has 1 aliphatic carbocycles. The van der Waals surface area contributed by atoms with Crippen LogP contribution in [0.5, 0.6) is 0 Å². The third-order valence-corrected chi connectivity index (χ3v) is 3.75. The molecule has 1 fully saturated rings. The van der Waals surface area contributed by atoms with E-state index in [9.17, 15) is 9.90 Å². The Balaban J connectivity index is 2.04. The highest BCUT2D eigenvalue weighted by atomic mass is 16.3. The molecule has 5 nitrogen and oxygen atoms in total. The van der Waals surface area contributed by atoms with Crippen molar-refractivity contribution in [3.8, 4) is 0 Å². The number of rotatable bonds is 8. The number of nitrogens with one attached hydrogen (secondary N) is 1. The van der Waals surface area contributed by atoms with E-state index < -0.39 is 6.10 Å². The summed E-state index contributed by atoms with van der Waals surface area (Å²) in [5, 5.41) is 17.0. The van der Waals surface area contributed by atoms with E-state index >= 15 is 0 Å². The maximum atomic E-state index is 12.3. The Morgan fingerprint density at radius 2 is 2.24 bits per heavy atom. The maximum absolute atomic E-state index is 12.3. The van der Waals surface area contributed by atoms with E-state index in [0.717, 1.165) is 31.5 Å². The van der Waals surface area contributed by atoms with Crippen LogP contribution in [0, 0.1) is 5.92 Å². The van der Waals surface area contributed by atoms with E-state index in [-0.39, 0.29) is 5.91 Å². The van der Waals surface area contributed by atoms with Gasteiger partial charge in [-0.2, -0.15) is 5.10 Å². The van der Waals surface area contributed by atoms with Gasteiger partial charge in [0.05, 0.1) is 23.6 Å². The Labute approximate surface area is 126 Å². The molecule has 0 spiro atoms. The van der Waals surface area contributed by atoms with Crippen LogP contribution in [0.15, 0.2) is 6.20 Å². The molecule has 1 saturated carbocycles. The van der Waals surface area contributed by atoms with E-state index in [1.807, 2.05) is 11.6 Å². The zero-order valence-electron chi connectivity index (χ0n) is 13.3. The number of aromatic nitrogens is 2. The van der Waals surface area contributed by atoms with Crippen molar-refractivity contribution in [3.05, 3.63) is 17.5 Å². The molecule has 5 heteroatoms. The van der Waals surface area contributed by atoms with Gasteiger partial charge in [-0.25, -0.2) is 0 Å². The highest BCUT2D eigenvalue weighted by Gasteiger charge is 2.32. The van der Waals surface area contributed by atoms with Crippen molar-refractivity contribution in [2.75, 3.05) is 6.54 Å². The van der Waals surface area contributed by atoms with Crippen LogP contribution in [0.3, 0.4) is 0 Å². The van der Waals surface area contributed by atoms with Gasteiger partial charge in [-0.05, 0) is 25.2 Å². The second kappa shape index (κ2) is 7.07. The minimum Gasteiger partial charge on any atom is -0.391 e. The second-order valence-electron chi connectivity index (χ2n) is 6.45. The molecule has 2 N–H and O–H groups in total. The second-order valence-corrected chi connectivity index (χ2v) is 6.45. The molecule has 1 aliphatic rings. The molecule has 0 aromatic carbocycles. The molecule has 1 aromatic heterocycles. The van der Waals surface area contributed by atoms with E-state index in [2.05, 4.69) is 24.3 Å². The zero-order valence-corrected chi connectivity index (χ0v) is 13.3. The number of amides is 1. The van der Waals surface area contributed by atoms with Crippen molar-refractivity contribution in [2.24, 2.45) is 5.92 Å². The predicted molar refractivity (Wildman–Crippen MR) is 82.3 cm³/mol. The maximum Gasteiger partial charge on any atom is 0.254 e. The monoisotopic (exact) mass is 293 g/mol. The number of aliphatic hydroxyl groups excluding tert-OH is 1. The number of nitrogens with zero attached hydrogens (tertiary/aromatic N) is 2. The normalized spacial score (nSPS) is 16.2. The van der Waals surface area contributed by atoms with E-state index in [0.29, 0.717) is 30.4 Å². The van der Waals surface area contributed by atoms with Gasteiger partial charge >= 0.3 is 0 Å². The largest absolute Gasteiger partial charge is 0.391 e. The zero-order chi connectivity index (χ0) is 15.4. The average molecular weight is 293 g/mol. The van der Waals surface area contributed by atoms with Crippen LogP contribution in [0.4, 0.5) is 0 Å². The highest BCUT2D eigenvalue weighted by Crippen LogP contribution is 2.41. The van der Waals surface area contributed by atoms with Gasteiger partial charge in [-0.1, -0.05) is 27.2 Å². The third-order valence-electron chi connectivity index (χ3n) is 3.75. The van der Waals surface area contributed by atoms with Gasteiger partial charge in [0.15, 0.2) is 0 Å². The predicted octanol–water partition coefficient (Wildman–Crippen LogP) is 2.31. The number of carbonyl (C=O) groups is 1. The number of hydrogen-bond donors (Lipinski definition) is 2. The number of hydrogen-bond acceptors (Lipinski definition) is 3. The van der Waals surface area contributed by atoms with E-state index in [4.69, 9.17) is 0 Å². The molecule has 1 amide bonds. The number of carbonyl (C=O) groups excluding carboxylic acids is 1. The van der Waals surface area contributed by atoms with Crippen LogP contribution in [0.2, 0.25) is 0 Å². The van der Waals surface area contributed by atoms with E-state index in [1.165, 1.54) is 0 Å². The lowest BCUT2D eigenvalue weighted by Crippen LogP contribution is -2.32. The summed E-state index contributed by atoms with van der Waals surface area (Å²) >= 11 is 0. The fourth-order valence-electron chi connectivity index (χ4n) is 2.59. The molecule has 1 unspecified atom stereocenters. The van der Waals surface area contributed by atoms with Crippen LogP contribution < -0.4 is 5.32 Å². The van der Waals surface area contributed by atoms with Crippen molar-refractivity contribution < 1.29 is 9.90 Å². The lowest BCUT2D eigenvalue weighted by atomic mass is 10.1. The highest BCUT2D eigenvalue weighted by molar-refractivity contribution is 5.95. The molecule has 0 bridgehead atoms. The van der Waals surface area contributed by atoms with E-state index in [1.54, 1.807) is 6.20 Å². The summed E-state index contributed by atoms with van der Waals surface area (Å²) in [5.41, 5.74) is 1.76. The van der Waals surface area contributed by atoms with Gasteiger partial charge in [0, 0.05) is 19.0 Å². The van der Waals surface area contributed by atoms with Gasteiger partial charge in [-0.15, -0.1) is 0 Å². The van der Waals surface area contributed by atoms with Crippen molar-refractivity contribution in [2.45, 2.75) is 65.0 Å². The molecule has 2 rings (SSSR count). The van der Waals surface area contributed by atoms with Gasteiger partial charge in [0.2, 0.25) is 0 Å². The summed E-state index contributed by atoms with van der Waals surface area (Å²) in [4.78, 5) is 12.3. The first-order valence-electron chi connectivity index (χ1n) is 8.04. The summed E-state index contributed by atoms with van der Waals surface area (Å²) in [6, 6.07) is 0. The molecule has 1 heterocycles. The van der Waals surface area contributed by atoms with Crippen LogP contribution in [0.25, 0.3) is 0 Å². The average Bonchev–Trinajstić information content (AvgIpc) is 3.17. The molecule has 118 valence electrons. The smallest absolute Gasteiger partial charge is 0.254 e. The molecule has 1 aromatic rings. The first-order chi connectivity index (χ1) is 10.0. The molecule has 21 heavy (non-hydrogen) atoms. The van der Waals surface area contributed by atoms with Gasteiger partial charge in [-0.3, -0.25) is 9.48 Å². The molecule has 0 radical (unpaired) electrons. The summed E-state index contributed by atoms with van der Waals surface area (Å²) in [7, 11) is 0. The van der Waals surface area contributed by atoms with Crippen molar-refractivity contribution in [3.63, 3.8) is 0 Å². The summed E-state index contributed by atoms with van der Waals surface area (Å²) in [6.45, 7) is 7.48. The van der Waals surface area contributed by atoms with Crippen LogP contribution in [-0.4, -0.2) is 33.4 Å². The Morgan fingerprint density at radius 1 is 1.52 bits per heavy atom. The Bertz CT molecular complexity index is 478. The van der Waals surface area contributed by atoms with Gasteiger partial charge in [0.1, 0.15) is 0 Å². The minimum absolute atomic E-state index is 0.109. The van der Waals surface area contributed by atoms with Crippen LogP contribution in [-0.2, 0) is 6.54 Å². The lowest BCUT2D eigenvalue weighted by molar-refractivity contribution is 0.0909.